The van der Waals surface area contributed by atoms with Gasteiger partial charge in [-0.2, -0.15) is 5.26 Å². The van der Waals surface area contributed by atoms with Crippen molar-refractivity contribution in [1.82, 2.24) is 4.98 Å². The third kappa shape index (κ3) is 3.06. The van der Waals surface area contributed by atoms with Crippen LogP contribution in [-0.4, -0.2) is 17.9 Å². The fraction of sp³-hybridized carbons (Fsp3) is 0.364. The summed E-state index contributed by atoms with van der Waals surface area (Å²) in [6, 6.07) is 5.35. The smallest absolute Gasteiger partial charge is 0.213 e. The molecule has 4 heteroatoms. The Morgan fingerprint density at radius 3 is 2.87 bits per heavy atom. The molecule has 1 rings (SSSR count). The Hall–Kier alpha value is -1.89. The Labute approximate surface area is 88.5 Å². The third-order valence-corrected chi connectivity index (χ3v) is 2.04. The zero-order valence-electron chi connectivity index (χ0n) is 8.78. The Balaban J connectivity index is 2.79. The highest BCUT2D eigenvalue weighted by Gasteiger charge is 2.07. The summed E-state index contributed by atoms with van der Waals surface area (Å²) in [5, 5.41) is 8.36. The van der Waals surface area contributed by atoms with Crippen LogP contribution in [0.15, 0.2) is 12.1 Å². The van der Waals surface area contributed by atoms with E-state index < -0.39 is 0 Å². The molecule has 0 unspecified atom stereocenters. The fourth-order valence-electron chi connectivity index (χ4n) is 1.23. The Morgan fingerprint density at radius 1 is 1.60 bits per heavy atom. The van der Waals surface area contributed by atoms with Crippen molar-refractivity contribution in [1.29, 1.82) is 5.26 Å². The van der Waals surface area contributed by atoms with E-state index in [1.807, 2.05) is 13.0 Å². The summed E-state index contributed by atoms with van der Waals surface area (Å²) in [5.74, 6) is 0.441. The third-order valence-electron chi connectivity index (χ3n) is 2.04. The molecule has 0 aliphatic heterocycles. The monoisotopic (exact) mass is 204 g/mol. The maximum atomic E-state index is 11.2. The van der Waals surface area contributed by atoms with Crippen molar-refractivity contribution in [3.05, 3.63) is 23.4 Å². The van der Waals surface area contributed by atoms with Crippen LogP contribution < -0.4 is 4.74 Å². The van der Waals surface area contributed by atoms with Crippen molar-refractivity contribution in [3.8, 4) is 11.9 Å². The molecule has 0 atom stereocenters. The molecule has 15 heavy (non-hydrogen) atoms. The molecule has 1 aromatic rings. The number of ketones is 1. The molecular weight excluding hydrogens is 192 g/mol. The minimum absolute atomic E-state index is 0.0501. The SMILES string of the molecule is COc1ccc(CC(=O)CC#N)c(C)n1. The number of aryl methyl sites for hydroxylation is 1. The van der Waals surface area contributed by atoms with Gasteiger partial charge in [-0.3, -0.25) is 4.79 Å². The van der Waals surface area contributed by atoms with Crippen molar-refractivity contribution in [2.75, 3.05) is 7.11 Å². The van der Waals surface area contributed by atoms with E-state index in [1.165, 1.54) is 0 Å². The molecule has 78 valence electrons. The van der Waals surface area contributed by atoms with Gasteiger partial charge in [0, 0.05) is 18.2 Å². The molecule has 1 aromatic heterocycles. The summed E-state index contributed by atoms with van der Waals surface area (Å²) in [4.78, 5) is 15.4. The van der Waals surface area contributed by atoms with Gasteiger partial charge in [-0.25, -0.2) is 4.98 Å². The van der Waals surface area contributed by atoms with Gasteiger partial charge in [-0.1, -0.05) is 6.07 Å². The first-order valence-electron chi connectivity index (χ1n) is 4.56. The number of pyridine rings is 1. The van der Waals surface area contributed by atoms with E-state index in [1.54, 1.807) is 19.2 Å². The molecule has 0 saturated heterocycles. The maximum Gasteiger partial charge on any atom is 0.213 e. The number of carbonyl (C=O) groups is 1. The highest BCUT2D eigenvalue weighted by Crippen LogP contribution is 2.13. The maximum absolute atomic E-state index is 11.2. The largest absolute Gasteiger partial charge is 0.481 e. The number of Topliss-reactive ketones (excluding diaryl/α,β-unsaturated/α-hetero) is 1. The van der Waals surface area contributed by atoms with Crippen LogP contribution in [0.3, 0.4) is 0 Å². The summed E-state index contributed by atoms with van der Waals surface area (Å²) >= 11 is 0. The molecule has 0 aliphatic carbocycles. The number of carbonyl (C=O) groups excluding carboxylic acids is 1. The lowest BCUT2D eigenvalue weighted by Crippen LogP contribution is -2.04. The minimum Gasteiger partial charge on any atom is -0.481 e. The summed E-state index contributed by atoms with van der Waals surface area (Å²) in [6.45, 7) is 1.82. The molecule has 4 nitrogen and oxygen atoms in total. The molecule has 0 saturated carbocycles. The second-order valence-corrected chi connectivity index (χ2v) is 3.15. The number of hydrogen-bond donors (Lipinski definition) is 0. The molecule has 0 N–H and O–H groups in total. The first kappa shape index (κ1) is 11.2. The van der Waals surface area contributed by atoms with Crippen LogP contribution >= 0.6 is 0 Å². The standard InChI is InChI=1S/C11H12N2O2/c1-8-9(7-10(14)5-6-12)3-4-11(13-8)15-2/h3-4H,5,7H2,1-2H3. The zero-order chi connectivity index (χ0) is 11.3. The van der Waals surface area contributed by atoms with E-state index in [9.17, 15) is 4.79 Å². The van der Waals surface area contributed by atoms with E-state index in [2.05, 4.69) is 4.98 Å². The summed E-state index contributed by atoms with van der Waals surface area (Å²) < 4.78 is 4.95. The predicted molar refractivity (Wildman–Crippen MR) is 54.5 cm³/mol. The summed E-state index contributed by atoms with van der Waals surface area (Å²) in [5.41, 5.74) is 1.61. The first-order valence-corrected chi connectivity index (χ1v) is 4.56. The van der Waals surface area contributed by atoms with Gasteiger partial charge in [-0.15, -0.1) is 0 Å². The summed E-state index contributed by atoms with van der Waals surface area (Å²) in [7, 11) is 1.54. The molecule has 0 aromatic carbocycles. The first-order chi connectivity index (χ1) is 7.17. The lowest BCUT2D eigenvalue weighted by molar-refractivity contribution is -0.117. The highest BCUT2D eigenvalue weighted by molar-refractivity contribution is 5.82. The summed E-state index contributed by atoms with van der Waals surface area (Å²) in [6.07, 6.45) is 0.210. The van der Waals surface area contributed by atoms with Crippen molar-refractivity contribution < 1.29 is 9.53 Å². The van der Waals surface area contributed by atoms with Gasteiger partial charge in [0.05, 0.1) is 19.6 Å². The van der Waals surface area contributed by atoms with Crippen LogP contribution in [0.1, 0.15) is 17.7 Å². The van der Waals surface area contributed by atoms with Crippen LogP contribution in [-0.2, 0) is 11.2 Å². The molecule has 0 fully saturated rings. The van der Waals surface area contributed by atoms with Crippen molar-refractivity contribution in [2.24, 2.45) is 0 Å². The molecule has 0 spiro atoms. The number of nitrogens with zero attached hydrogens (tertiary/aromatic N) is 2. The second kappa shape index (κ2) is 5.11. The molecule has 1 heterocycles. The second-order valence-electron chi connectivity index (χ2n) is 3.15. The highest BCUT2D eigenvalue weighted by atomic mass is 16.5. The average molecular weight is 204 g/mol. The van der Waals surface area contributed by atoms with Crippen molar-refractivity contribution in [2.45, 2.75) is 19.8 Å². The van der Waals surface area contributed by atoms with E-state index >= 15 is 0 Å². The molecule has 0 amide bonds. The van der Waals surface area contributed by atoms with Gasteiger partial charge in [0.15, 0.2) is 5.78 Å². The number of rotatable bonds is 4. The van der Waals surface area contributed by atoms with Crippen LogP contribution in [0.5, 0.6) is 5.88 Å². The van der Waals surface area contributed by atoms with Crippen LogP contribution in [0, 0.1) is 18.3 Å². The molecule has 0 bridgehead atoms. The van der Waals surface area contributed by atoms with Gasteiger partial charge < -0.3 is 4.74 Å². The minimum atomic E-state index is -0.0902. The number of ether oxygens (including phenoxy) is 1. The quantitative estimate of drug-likeness (QED) is 0.744. The topological polar surface area (TPSA) is 63.0 Å². The van der Waals surface area contributed by atoms with E-state index in [4.69, 9.17) is 10.00 Å². The number of hydrogen-bond acceptors (Lipinski definition) is 4. The van der Waals surface area contributed by atoms with E-state index in [0.29, 0.717) is 5.88 Å². The van der Waals surface area contributed by atoms with Gasteiger partial charge in [0.1, 0.15) is 0 Å². The number of nitriles is 1. The van der Waals surface area contributed by atoms with Crippen molar-refractivity contribution in [3.63, 3.8) is 0 Å². The van der Waals surface area contributed by atoms with Crippen molar-refractivity contribution >= 4 is 5.78 Å². The molecular formula is C11H12N2O2. The Morgan fingerprint density at radius 2 is 2.33 bits per heavy atom. The Kier molecular flexibility index (Phi) is 3.81. The molecule has 0 aliphatic rings. The van der Waals surface area contributed by atoms with E-state index in [-0.39, 0.29) is 18.6 Å². The lowest BCUT2D eigenvalue weighted by Gasteiger charge is -2.05. The average Bonchev–Trinajstić information content (AvgIpc) is 2.21. The van der Waals surface area contributed by atoms with Crippen LogP contribution in [0.2, 0.25) is 0 Å². The van der Waals surface area contributed by atoms with Gasteiger partial charge in [0.25, 0.3) is 0 Å². The number of aromatic nitrogens is 1. The molecule has 0 radical (unpaired) electrons. The Bertz CT molecular complexity index is 408. The van der Waals surface area contributed by atoms with Gasteiger partial charge in [-0.05, 0) is 12.5 Å². The lowest BCUT2D eigenvalue weighted by atomic mass is 10.1. The zero-order valence-corrected chi connectivity index (χ0v) is 8.78. The van der Waals surface area contributed by atoms with Gasteiger partial charge >= 0.3 is 0 Å². The normalized spacial score (nSPS) is 9.40. The fourth-order valence-corrected chi connectivity index (χ4v) is 1.23. The number of methoxy groups -OCH3 is 1. The van der Waals surface area contributed by atoms with Crippen LogP contribution in [0.4, 0.5) is 0 Å². The van der Waals surface area contributed by atoms with Crippen LogP contribution in [0.25, 0.3) is 0 Å². The predicted octanol–water partition coefficient (Wildman–Crippen LogP) is 1.42. The van der Waals surface area contributed by atoms with E-state index in [0.717, 1.165) is 11.3 Å². The van der Waals surface area contributed by atoms with Gasteiger partial charge in [0.2, 0.25) is 5.88 Å².